The van der Waals surface area contributed by atoms with E-state index in [0.717, 1.165) is 13.1 Å². The van der Waals surface area contributed by atoms with Crippen molar-refractivity contribution in [3.05, 3.63) is 0 Å². The molecule has 1 rings (SSSR count). The topological polar surface area (TPSA) is 12.5 Å². The second-order valence-corrected chi connectivity index (χ2v) is 2.41. The van der Waals surface area contributed by atoms with E-state index in [2.05, 4.69) is 4.90 Å². The predicted molar refractivity (Wildman–Crippen MR) is 33.2 cm³/mol. The monoisotopic (exact) mass is 133 g/mol. The lowest BCUT2D eigenvalue weighted by Gasteiger charge is -2.27. The highest BCUT2D eigenvalue weighted by Crippen LogP contribution is 2.02. The molecule has 0 amide bonds. The molecular weight excluding hydrogens is 121 g/mol. The van der Waals surface area contributed by atoms with Gasteiger partial charge in [0.2, 0.25) is 0 Å². The normalized spacial score (nSPS) is 30.7. The van der Waals surface area contributed by atoms with Crippen molar-refractivity contribution >= 4 is 0 Å². The fourth-order valence-electron chi connectivity index (χ4n) is 0.960. The predicted octanol–water partition coefficient (Wildman–Crippen LogP) is 0.286. The molecule has 1 fully saturated rings. The van der Waals surface area contributed by atoms with Crippen molar-refractivity contribution in [1.82, 2.24) is 4.90 Å². The minimum absolute atomic E-state index is 0.177. The third-order valence-electron chi connectivity index (χ3n) is 1.51. The maximum Gasteiger partial charge on any atom is 0.117 e. The summed E-state index contributed by atoms with van der Waals surface area (Å²) in [6.45, 7) is 1.97. The summed E-state index contributed by atoms with van der Waals surface area (Å²) in [5.74, 6) is 0. The Bertz CT molecular complexity index is 89.1. The largest absolute Gasteiger partial charge is 0.373 e. The van der Waals surface area contributed by atoms with Crippen LogP contribution in [0.3, 0.4) is 0 Å². The fraction of sp³-hybridized carbons (Fsp3) is 1.00. The minimum Gasteiger partial charge on any atom is -0.373 e. The molecule has 0 spiro atoms. The van der Waals surface area contributed by atoms with Crippen LogP contribution in [0.1, 0.15) is 0 Å². The molecule has 1 aliphatic heterocycles. The van der Waals surface area contributed by atoms with Gasteiger partial charge >= 0.3 is 0 Å². The Morgan fingerprint density at radius 2 is 2.56 bits per heavy atom. The molecule has 0 aromatic carbocycles. The van der Waals surface area contributed by atoms with Gasteiger partial charge in [-0.1, -0.05) is 0 Å². The molecule has 0 N–H and O–H groups in total. The molecule has 1 atom stereocenters. The summed E-state index contributed by atoms with van der Waals surface area (Å²) in [4.78, 5) is 2.08. The fourth-order valence-corrected chi connectivity index (χ4v) is 0.960. The maximum atomic E-state index is 11.9. The number of morpholine rings is 1. The van der Waals surface area contributed by atoms with E-state index >= 15 is 0 Å². The first-order valence-corrected chi connectivity index (χ1v) is 3.19. The van der Waals surface area contributed by atoms with Crippen molar-refractivity contribution in [2.75, 3.05) is 33.4 Å². The van der Waals surface area contributed by atoms with Crippen LogP contribution < -0.4 is 0 Å². The highest BCUT2D eigenvalue weighted by molar-refractivity contribution is 4.66. The van der Waals surface area contributed by atoms with Crippen LogP contribution in [-0.2, 0) is 4.74 Å². The summed E-state index contributed by atoms with van der Waals surface area (Å²) in [6.07, 6.45) is -0.177. The van der Waals surface area contributed by atoms with Gasteiger partial charge in [0.25, 0.3) is 0 Å². The molecule has 1 saturated heterocycles. The van der Waals surface area contributed by atoms with Crippen molar-refractivity contribution < 1.29 is 9.13 Å². The molecule has 0 saturated carbocycles. The first kappa shape index (κ1) is 6.96. The van der Waals surface area contributed by atoms with Crippen molar-refractivity contribution in [2.24, 2.45) is 0 Å². The summed E-state index contributed by atoms with van der Waals surface area (Å²) in [5, 5.41) is 0. The van der Waals surface area contributed by atoms with E-state index in [9.17, 15) is 4.39 Å². The first-order valence-electron chi connectivity index (χ1n) is 3.19. The van der Waals surface area contributed by atoms with Crippen LogP contribution in [0.15, 0.2) is 0 Å². The molecule has 0 bridgehead atoms. The average molecular weight is 133 g/mol. The molecule has 54 valence electrons. The molecule has 1 aliphatic rings. The van der Waals surface area contributed by atoms with Gasteiger partial charge in [-0.15, -0.1) is 0 Å². The smallest absolute Gasteiger partial charge is 0.117 e. The molecule has 9 heavy (non-hydrogen) atoms. The molecule has 0 aromatic heterocycles. The highest BCUT2D eigenvalue weighted by atomic mass is 19.1. The number of hydrogen-bond acceptors (Lipinski definition) is 2. The Hall–Kier alpha value is -0.150. The van der Waals surface area contributed by atoms with Gasteiger partial charge in [-0.3, -0.25) is 0 Å². The molecule has 3 heteroatoms. The number of rotatable bonds is 1. The lowest BCUT2D eigenvalue weighted by Crippen LogP contribution is -2.40. The molecule has 0 radical (unpaired) electrons. The van der Waals surface area contributed by atoms with Gasteiger partial charge in [0.05, 0.1) is 12.7 Å². The van der Waals surface area contributed by atoms with Gasteiger partial charge in [-0.25, -0.2) is 4.39 Å². The van der Waals surface area contributed by atoms with E-state index in [1.54, 1.807) is 0 Å². The Morgan fingerprint density at radius 1 is 1.78 bits per heavy atom. The molecular formula is C6H12FNO. The van der Waals surface area contributed by atoms with Crippen molar-refractivity contribution in [3.63, 3.8) is 0 Å². The van der Waals surface area contributed by atoms with E-state index in [1.807, 2.05) is 7.05 Å². The number of halogens is 1. The summed E-state index contributed by atoms with van der Waals surface area (Å²) < 4.78 is 17.0. The van der Waals surface area contributed by atoms with E-state index < -0.39 is 0 Å². The Labute approximate surface area is 54.6 Å². The molecule has 0 aromatic rings. The zero-order valence-electron chi connectivity index (χ0n) is 5.64. The number of alkyl halides is 1. The summed E-state index contributed by atoms with van der Waals surface area (Å²) in [6, 6.07) is 0. The summed E-state index contributed by atoms with van der Waals surface area (Å²) >= 11 is 0. The SMILES string of the molecule is CN1CCO[C@H](CF)C1. The number of ether oxygens (including phenoxy) is 1. The average Bonchev–Trinajstić information content (AvgIpc) is 1.88. The van der Waals surface area contributed by atoms with Gasteiger partial charge in [0.1, 0.15) is 6.67 Å². The Morgan fingerprint density at radius 3 is 3.00 bits per heavy atom. The van der Waals surface area contributed by atoms with Gasteiger partial charge < -0.3 is 9.64 Å². The lowest BCUT2D eigenvalue weighted by molar-refractivity contribution is -0.0303. The van der Waals surface area contributed by atoms with Crippen LogP contribution in [0.25, 0.3) is 0 Å². The van der Waals surface area contributed by atoms with Crippen LogP contribution in [0.4, 0.5) is 4.39 Å². The summed E-state index contributed by atoms with van der Waals surface area (Å²) in [7, 11) is 1.98. The van der Waals surface area contributed by atoms with Crippen molar-refractivity contribution in [3.8, 4) is 0 Å². The molecule has 2 nitrogen and oxygen atoms in total. The van der Waals surface area contributed by atoms with Crippen LogP contribution in [-0.4, -0.2) is 44.4 Å². The zero-order valence-corrected chi connectivity index (χ0v) is 5.64. The second-order valence-electron chi connectivity index (χ2n) is 2.41. The number of hydrogen-bond donors (Lipinski definition) is 0. The van der Waals surface area contributed by atoms with E-state index in [4.69, 9.17) is 4.74 Å². The third-order valence-corrected chi connectivity index (χ3v) is 1.51. The molecule has 0 aliphatic carbocycles. The van der Waals surface area contributed by atoms with E-state index in [1.165, 1.54) is 0 Å². The van der Waals surface area contributed by atoms with Gasteiger partial charge in [0, 0.05) is 13.1 Å². The van der Waals surface area contributed by atoms with E-state index in [0.29, 0.717) is 6.61 Å². The minimum atomic E-state index is -0.357. The summed E-state index contributed by atoms with van der Waals surface area (Å²) in [5.41, 5.74) is 0. The standard InChI is InChI=1S/C6H12FNO/c1-8-2-3-9-6(4-7)5-8/h6H,2-5H2,1H3/t6-/m1/s1. The van der Waals surface area contributed by atoms with Crippen LogP contribution in [0, 0.1) is 0 Å². The van der Waals surface area contributed by atoms with Gasteiger partial charge in [-0.05, 0) is 7.05 Å². The van der Waals surface area contributed by atoms with Crippen LogP contribution in [0.5, 0.6) is 0 Å². The quantitative estimate of drug-likeness (QED) is 0.509. The maximum absolute atomic E-state index is 11.9. The van der Waals surface area contributed by atoms with Crippen molar-refractivity contribution in [1.29, 1.82) is 0 Å². The second kappa shape index (κ2) is 3.13. The van der Waals surface area contributed by atoms with Gasteiger partial charge in [-0.2, -0.15) is 0 Å². The van der Waals surface area contributed by atoms with Crippen LogP contribution >= 0.6 is 0 Å². The third kappa shape index (κ3) is 1.91. The van der Waals surface area contributed by atoms with E-state index in [-0.39, 0.29) is 12.8 Å². The number of nitrogens with zero attached hydrogens (tertiary/aromatic N) is 1. The Kier molecular flexibility index (Phi) is 2.42. The Balaban J connectivity index is 2.23. The molecule has 0 unspecified atom stereocenters. The molecule has 1 heterocycles. The lowest BCUT2D eigenvalue weighted by atomic mass is 10.3. The van der Waals surface area contributed by atoms with Gasteiger partial charge in [0.15, 0.2) is 0 Å². The first-order chi connectivity index (χ1) is 4.33. The zero-order chi connectivity index (χ0) is 6.69. The van der Waals surface area contributed by atoms with Crippen molar-refractivity contribution in [2.45, 2.75) is 6.10 Å². The highest BCUT2D eigenvalue weighted by Gasteiger charge is 2.16. The number of likely N-dealkylation sites (N-methyl/N-ethyl adjacent to an activating group) is 1. The van der Waals surface area contributed by atoms with Crippen LogP contribution in [0.2, 0.25) is 0 Å².